The zero-order valence-corrected chi connectivity index (χ0v) is 12.8. The van der Waals surface area contributed by atoms with Crippen LogP contribution in [0.1, 0.15) is 0 Å². The van der Waals surface area contributed by atoms with E-state index in [9.17, 15) is 21.6 Å². The van der Waals surface area contributed by atoms with E-state index in [1.807, 2.05) is 0 Å². The molecule has 124 valence electrons. The summed E-state index contributed by atoms with van der Waals surface area (Å²) in [5.41, 5.74) is -4.68. The molecule has 0 aliphatic heterocycles. The van der Waals surface area contributed by atoms with Crippen LogP contribution in [0.15, 0.2) is 60.7 Å². The molecule has 2 aromatic rings. The fraction of sp³-hybridized carbons (Fsp3) is 0.200. The van der Waals surface area contributed by atoms with Crippen molar-refractivity contribution in [3.05, 3.63) is 60.7 Å². The van der Waals surface area contributed by atoms with E-state index in [4.69, 9.17) is 0 Å². The summed E-state index contributed by atoms with van der Waals surface area (Å²) < 4.78 is 62.5. The number of anilines is 2. The predicted octanol–water partition coefficient (Wildman–Crippen LogP) is 3.45. The highest BCUT2D eigenvalue weighted by atomic mass is 32.2. The van der Waals surface area contributed by atoms with Crippen LogP contribution in [0.3, 0.4) is 0 Å². The lowest BCUT2D eigenvalue weighted by Crippen LogP contribution is -2.43. The zero-order chi connectivity index (χ0) is 16.9. The Morgan fingerprint density at radius 3 is 1.96 bits per heavy atom. The third kappa shape index (κ3) is 4.16. The molecule has 0 spiro atoms. The number of nitrogens with one attached hydrogen (secondary N) is 1. The van der Waals surface area contributed by atoms with Crippen LogP contribution >= 0.6 is 0 Å². The van der Waals surface area contributed by atoms with Gasteiger partial charge >= 0.3 is 15.5 Å². The lowest BCUT2D eigenvalue weighted by Gasteiger charge is -2.25. The molecule has 0 saturated carbocycles. The van der Waals surface area contributed by atoms with Gasteiger partial charge in [0.15, 0.2) is 0 Å². The number of rotatable bonds is 6. The SMILES string of the molecule is O=S(=O)(N(CCNc1ccccc1)c1ccccc1)C(F)(F)F. The van der Waals surface area contributed by atoms with E-state index in [1.165, 1.54) is 24.3 Å². The second kappa shape index (κ2) is 6.91. The van der Waals surface area contributed by atoms with Crippen molar-refractivity contribution >= 4 is 21.4 Å². The average Bonchev–Trinajstić information content (AvgIpc) is 2.52. The maximum absolute atomic E-state index is 12.9. The molecule has 0 radical (unpaired) electrons. The highest BCUT2D eigenvalue weighted by Crippen LogP contribution is 2.30. The molecule has 23 heavy (non-hydrogen) atoms. The summed E-state index contributed by atoms with van der Waals surface area (Å²) in [6.45, 7) is -0.311. The third-order valence-electron chi connectivity index (χ3n) is 3.04. The Balaban J connectivity index is 2.18. The van der Waals surface area contributed by atoms with Gasteiger partial charge in [-0.15, -0.1) is 0 Å². The van der Waals surface area contributed by atoms with Gasteiger partial charge in [0, 0.05) is 12.2 Å². The molecule has 0 atom stereocenters. The first-order valence-electron chi connectivity index (χ1n) is 6.75. The number of alkyl halides is 3. The molecule has 0 amide bonds. The summed E-state index contributed by atoms with van der Waals surface area (Å²) in [6, 6.07) is 16.0. The monoisotopic (exact) mass is 344 g/mol. The second-order valence-corrected chi connectivity index (χ2v) is 6.51. The summed E-state index contributed by atoms with van der Waals surface area (Å²) in [4.78, 5) is 0. The highest BCUT2D eigenvalue weighted by molar-refractivity contribution is 7.93. The molecule has 2 aromatic carbocycles. The number of halogens is 3. The van der Waals surface area contributed by atoms with Crippen molar-refractivity contribution in [2.75, 3.05) is 22.7 Å². The van der Waals surface area contributed by atoms with E-state index in [2.05, 4.69) is 5.32 Å². The smallest absolute Gasteiger partial charge is 0.383 e. The number of hydrogen-bond donors (Lipinski definition) is 1. The van der Waals surface area contributed by atoms with Gasteiger partial charge in [0.1, 0.15) is 0 Å². The average molecular weight is 344 g/mol. The number of para-hydroxylation sites is 2. The summed E-state index contributed by atoms with van der Waals surface area (Å²) in [5, 5.41) is 2.89. The lowest BCUT2D eigenvalue weighted by molar-refractivity contribution is -0.0438. The first-order valence-corrected chi connectivity index (χ1v) is 8.19. The van der Waals surface area contributed by atoms with E-state index >= 15 is 0 Å². The zero-order valence-electron chi connectivity index (χ0n) is 12.0. The molecule has 0 saturated heterocycles. The van der Waals surface area contributed by atoms with E-state index in [-0.39, 0.29) is 18.8 Å². The number of benzene rings is 2. The minimum atomic E-state index is -5.45. The summed E-state index contributed by atoms with van der Waals surface area (Å²) in [6.07, 6.45) is 0. The van der Waals surface area contributed by atoms with Crippen LogP contribution in [0.2, 0.25) is 0 Å². The fourth-order valence-corrected chi connectivity index (χ4v) is 2.95. The van der Waals surface area contributed by atoms with Crippen LogP contribution in [0.4, 0.5) is 24.5 Å². The van der Waals surface area contributed by atoms with E-state index in [1.54, 1.807) is 36.4 Å². The minimum Gasteiger partial charge on any atom is -0.383 e. The number of sulfonamides is 1. The topological polar surface area (TPSA) is 49.4 Å². The van der Waals surface area contributed by atoms with Gasteiger partial charge in [0.05, 0.1) is 12.2 Å². The Morgan fingerprint density at radius 2 is 1.43 bits per heavy atom. The lowest BCUT2D eigenvalue weighted by atomic mass is 10.3. The van der Waals surface area contributed by atoms with Gasteiger partial charge in [-0.2, -0.15) is 21.6 Å². The van der Waals surface area contributed by atoms with E-state index in [0.717, 1.165) is 0 Å². The van der Waals surface area contributed by atoms with Crippen LogP contribution < -0.4 is 9.62 Å². The largest absolute Gasteiger partial charge is 0.516 e. The molecule has 2 rings (SSSR count). The maximum atomic E-state index is 12.9. The normalized spacial score (nSPS) is 12.0. The summed E-state index contributed by atoms with van der Waals surface area (Å²) in [7, 11) is -5.45. The summed E-state index contributed by atoms with van der Waals surface area (Å²) in [5.74, 6) is 0. The van der Waals surface area contributed by atoms with Crippen LogP contribution in [-0.2, 0) is 10.0 Å². The Hall–Kier alpha value is -2.22. The Bertz CT molecular complexity index is 719. The van der Waals surface area contributed by atoms with Gasteiger partial charge < -0.3 is 5.32 Å². The molecular weight excluding hydrogens is 329 g/mol. The fourth-order valence-electron chi connectivity index (χ4n) is 1.97. The minimum absolute atomic E-state index is 0.0281. The van der Waals surface area contributed by atoms with Crippen LogP contribution in [0.5, 0.6) is 0 Å². The van der Waals surface area contributed by atoms with Crippen molar-refractivity contribution in [2.45, 2.75) is 5.51 Å². The van der Waals surface area contributed by atoms with Gasteiger partial charge in [0.2, 0.25) is 0 Å². The van der Waals surface area contributed by atoms with Crippen molar-refractivity contribution in [2.24, 2.45) is 0 Å². The standard InChI is InChI=1S/C15H15F3N2O2S/c16-15(17,18)23(21,22)20(14-9-5-2-6-10-14)12-11-19-13-7-3-1-4-8-13/h1-10,19H,11-12H2. The molecule has 0 aliphatic rings. The van der Waals surface area contributed by atoms with Crippen molar-refractivity contribution < 1.29 is 21.6 Å². The highest BCUT2D eigenvalue weighted by Gasteiger charge is 2.50. The van der Waals surface area contributed by atoms with Gasteiger partial charge in [-0.25, -0.2) is 0 Å². The molecule has 0 bridgehead atoms. The van der Waals surface area contributed by atoms with E-state index < -0.39 is 15.5 Å². The molecule has 8 heteroatoms. The third-order valence-corrected chi connectivity index (χ3v) is 4.60. The molecule has 0 aromatic heterocycles. The first-order chi connectivity index (χ1) is 10.8. The Kier molecular flexibility index (Phi) is 5.15. The Morgan fingerprint density at radius 1 is 0.913 bits per heavy atom. The molecule has 0 unspecified atom stereocenters. The molecule has 1 N–H and O–H groups in total. The van der Waals surface area contributed by atoms with Gasteiger partial charge in [0.25, 0.3) is 0 Å². The van der Waals surface area contributed by atoms with Crippen molar-refractivity contribution in [3.8, 4) is 0 Å². The maximum Gasteiger partial charge on any atom is 0.516 e. The predicted molar refractivity (Wildman–Crippen MR) is 83.7 cm³/mol. The number of hydrogen-bond acceptors (Lipinski definition) is 3. The van der Waals surface area contributed by atoms with Gasteiger partial charge in [-0.05, 0) is 24.3 Å². The van der Waals surface area contributed by atoms with Gasteiger partial charge in [-0.3, -0.25) is 4.31 Å². The van der Waals surface area contributed by atoms with Crippen LogP contribution in [0, 0.1) is 0 Å². The van der Waals surface area contributed by atoms with Crippen LogP contribution in [0.25, 0.3) is 0 Å². The quantitative estimate of drug-likeness (QED) is 0.873. The second-order valence-electron chi connectivity index (χ2n) is 4.65. The molecular formula is C15H15F3N2O2S. The first kappa shape index (κ1) is 17.1. The summed E-state index contributed by atoms with van der Waals surface area (Å²) >= 11 is 0. The molecule has 0 aliphatic carbocycles. The van der Waals surface area contributed by atoms with E-state index in [0.29, 0.717) is 9.99 Å². The molecule has 4 nitrogen and oxygen atoms in total. The molecule has 0 fully saturated rings. The van der Waals surface area contributed by atoms with Crippen molar-refractivity contribution in [3.63, 3.8) is 0 Å². The van der Waals surface area contributed by atoms with Crippen LogP contribution in [-0.4, -0.2) is 27.0 Å². The van der Waals surface area contributed by atoms with Gasteiger partial charge in [-0.1, -0.05) is 36.4 Å². The van der Waals surface area contributed by atoms with Crippen molar-refractivity contribution in [1.82, 2.24) is 0 Å². The Labute approximate surface area is 132 Å². The molecule has 0 heterocycles. The van der Waals surface area contributed by atoms with Crippen molar-refractivity contribution in [1.29, 1.82) is 0 Å². The number of nitrogens with zero attached hydrogens (tertiary/aromatic N) is 1.